The quantitative estimate of drug-likeness (QED) is 0.701. The van der Waals surface area contributed by atoms with Crippen LogP contribution in [0.4, 0.5) is 0 Å². The van der Waals surface area contributed by atoms with Gasteiger partial charge in [0.05, 0.1) is 13.2 Å². The van der Waals surface area contributed by atoms with Crippen LogP contribution in [0.2, 0.25) is 0 Å². The van der Waals surface area contributed by atoms with Crippen molar-refractivity contribution in [3.05, 3.63) is 0 Å². The predicted molar refractivity (Wildman–Crippen MR) is 60.6 cm³/mol. The highest BCUT2D eigenvalue weighted by atomic mass is 16.5. The molecule has 0 unspecified atom stereocenters. The van der Waals surface area contributed by atoms with Crippen LogP contribution in [0.25, 0.3) is 0 Å². The highest BCUT2D eigenvalue weighted by molar-refractivity contribution is 4.63. The molecule has 84 valence electrons. The maximum Gasteiger partial charge on any atom is 0.0591 e. The van der Waals surface area contributed by atoms with E-state index in [4.69, 9.17) is 4.74 Å². The topological polar surface area (TPSA) is 21.3 Å². The second-order valence-corrected chi connectivity index (χ2v) is 4.27. The Labute approximate surface area is 88.4 Å². The monoisotopic (exact) mass is 199 g/mol. The minimum absolute atomic E-state index is 0.889. The van der Waals surface area contributed by atoms with E-state index in [9.17, 15) is 0 Å². The molecule has 0 atom stereocenters. The molecule has 1 N–H and O–H groups in total. The molecule has 1 saturated heterocycles. The van der Waals surface area contributed by atoms with Crippen molar-refractivity contribution in [2.45, 2.75) is 45.4 Å². The summed E-state index contributed by atoms with van der Waals surface area (Å²) in [6.07, 6.45) is 8.93. The maximum absolute atomic E-state index is 5.01. The standard InChI is InChI=1S/C8H16.C4H9NO/c1-2-8-6-4-3-5-7-8;1-3-6-4-2-5-1/h8H,2-7H2,1H3;5H,1-4H2. The number of morpholine rings is 1. The van der Waals surface area contributed by atoms with Crippen LogP contribution in [0, 0.1) is 5.92 Å². The fourth-order valence-corrected chi connectivity index (χ4v) is 2.11. The van der Waals surface area contributed by atoms with E-state index >= 15 is 0 Å². The zero-order valence-electron chi connectivity index (χ0n) is 9.56. The summed E-state index contributed by atoms with van der Waals surface area (Å²) in [6, 6.07) is 0. The van der Waals surface area contributed by atoms with Gasteiger partial charge in [0, 0.05) is 13.1 Å². The van der Waals surface area contributed by atoms with Gasteiger partial charge in [0.25, 0.3) is 0 Å². The van der Waals surface area contributed by atoms with E-state index in [1.165, 1.54) is 38.5 Å². The molecule has 2 heteroatoms. The van der Waals surface area contributed by atoms with Crippen LogP contribution in [0.1, 0.15) is 45.4 Å². The van der Waals surface area contributed by atoms with Crippen molar-refractivity contribution in [3.63, 3.8) is 0 Å². The van der Waals surface area contributed by atoms with E-state index in [-0.39, 0.29) is 0 Å². The van der Waals surface area contributed by atoms with Gasteiger partial charge in [0.1, 0.15) is 0 Å². The van der Waals surface area contributed by atoms with Crippen molar-refractivity contribution in [2.24, 2.45) is 5.92 Å². The molecule has 14 heavy (non-hydrogen) atoms. The maximum atomic E-state index is 5.01. The fraction of sp³-hybridized carbons (Fsp3) is 1.00. The molecular formula is C12H25NO. The Morgan fingerprint density at radius 3 is 2.00 bits per heavy atom. The molecule has 1 saturated carbocycles. The Hall–Kier alpha value is -0.0800. The van der Waals surface area contributed by atoms with E-state index in [1.54, 1.807) is 0 Å². The number of hydrogen-bond donors (Lipinski definition) is 1. The van der Waals surface area contributed by atoms with Crippen LogP contribution < -0.4 is 5.32 Å². The predicted octanol–water partition coefficient (Wildman–Crippen LogP) is 2.58. The van der Waals surface area contributed by atoms with Crippen LogP contribution in [0.15, 0.2) is 0 Å². The van der Waals surface area contributed by atoms with E-state index in [2.05, 4.69) is 12.2 Å². The third-order valence-electron chi connectivity index (χ3n) is 3.15. The molecule has 0 radical (unpaired) electrons. The molecule has 1 heterocycles. The lowest BCUT2D eigenvalue weighted by Gasteiger charge is -2.18. The molecule has 0 aromatic carbocycles. The first-order valence-corrected chi connectivity index (χ1v) is 6.22. The highest BCUT2D eigenvalue weighted by Gasteiger charge is 2.09. The molecule has 2 nitrogen and oxygen atoms in total. The Bertz CT molecular complexity index is 106. The molecule has 2 fully saturated rings. The zero-order chi connectivity index (χ0) is 10.1. The summed E-state index contributed by atoms with van der Waals surface area (Å²) in [5.41, 5.74) is 0. The first-order chi connectivity index (χ1) is 6.93. The summed E-state index contributed by atoms with van der Waals surface area (Å²) >= 11 is 0. The smallest absolute Gasteiger partial charge is 0.0591 e. The summed E-state index contributed by atoms with van der Waals surface area (Å²) in [5.74, 6) is 1.09. The van der Waals surface area contributed by atoms with Gasteiger partial charge in [-0.15, -0.1) is 0 Å². The molecule has 0 spiro atoms. The molecule has 0 aromatic heterocycles. The molecule has 0 bridgehead atoms. The van der Waals surface area contributed by atoms with Crippen molar-refractivity contribution in [3.8, 4) is 0 Å². The number of hydrogen-bond acceptors (Lipinski definition) is 2. The van der Waals surface area contributed by atoms with Gasteiger partial charge in [0.2, 0.25) is 0 Å². The number of rotatable bonds is 1. The van der Waals surface area contributed by atoms with Gasteiger partial charge in [-0.2, -0.15) is 0 Å². The summed E-state index contributed by atoms with van der Waals surface area (Å²) in [4.78, 5) is 0. The first-order valence-electron chi connectivity index (χ1n) is 6.22. The number of nitrogens with one attached hydrogen (secondary N) is 1. The first kappa shape index (κ1) is 12.0. The van der Waals surface area contributed by atoms with Gasteiger partial charge in [0.15, 0.2) is 0 Å². The molecular weight excluding hydrogens is 174 g/mol. The summed E-state index contributed by atoms with van der Waals surface area (Å²) in [5, 5.41) is 3.16. The van der Waals surface area contributed by atoms with E-state index in [0.29, 0.717) is 0 Å². The minimum atomic E-state index is 0.889. The fourth-order valence-electron chi connectivity index (χ4n) is 2.11. The zero-order valence-corrected chi connectivity index (χ0v) is 9.56. The van der Waals surface area contributed by atoms with Crippen molar-refractivity contribution in [2.75, 3.05) is 26.3 Å². The second-order valence-electron chi connectivity index (χ2n) is 4.27. The average molecular weight is 199 g/mol. The van der Waals surface area contributed by atoms with E-state index in [0.717, 1.165) is 32.2 Å². The van der Waals surface area contributed by atoms with Gasteiger partial charge in [-0.05, 0) is 5.92 Å². The molecule has 1 aliphatic carbocycles. The van der Waals surface area contributed by atoms with Gasteiger partial charge in [-0.25, -0.2) is 0 Å². The van der Waals surface area contributed by atoms with Crippen molar-refractivity contribution in [1.82, 2.24) is 5.32 Å². The second kappa shape index (κ2) is 8.25. The van der Waals surface area contributed by atoms with Gasteiger partial charge in [-0.3, -0.25) is 0 Å². The summed E-state index contributed by atoms with van der Waals surface area (Å²) in [6.45, 7) is 6.15. The third kappa shape index (κ3) is 5.61. The average Bonchev–Trinajstić information content (AvgIpc) is 2.33. The van der Waals surface area contributed by atoms with Crippen LogP contribution >= 0.6 is 0 Å². The van der Waals surface area contributed by atoms with Crippen LogP contribution in [0.3, 0.4) is 0 Å². The molecule has 1 aliphatic heterocycles. The number of ether oxygens (including phenoxy) is 1. The van der Waals surface area contributed by atoms with Crippen molar-refractivity contribution < 1.29 is 4.74 Å². The van der Waals surface area contributed by atoms with Crippen LogP contribution in [-0.4, -0.2) is 26.3 Å². The molecule has 0 aromatic rings. The molecule has 0 amide bonds. The SMILES string of the molecule is C1COCCN1.CCC1CCCCC1. The summed E-state index contributed by atoms with van der Waals surface area (Å²) < 4.78 is 5.01. The Kier molecular flexibility index (Phi) is 7.06. The van der Waals surface area contributed by atoms with Gasteiger partial charge >= 0.3 is 0 Å². The van der Waals surface area contributed by atoms with Crippen molar-refractivity contribution >= 4 is 0 Å². The lowest BCUT2D eigenvalue weighted by Crippen LogP contribution is -2.30. The van der Waals surface area contributed by atoms with E-state index < -0.39 is 0 Å². The van der Waals surface area contributed by atoms with Crippen LogP contribution in [-0.2, 0) is 4.74 Å². The lowest BCUT2D eigenvalue weighted by molar-refractivity contribution is 0.109. The van der Waals surface area contributed by atoms with Crippen LogP contribution in [0.5, 0.6) is 0 Å². The van der Waals surface area contributed by atoms with Gasteiger partial charge < -0.3 is 10.1 Å². The Balaban J connectivity index is 0.000000146. The Morgan fingerprint density at radius 2 is 1.71 bits per heavy atom. The van der Waals surface area contributed by atoms with E-state index in [1.807, 2.05) is 0 Å². The molecule has 2 rings (SSSR count). The van der Waals surface area contributed by atoms with Crippen molar-refractivity contribution in [1.29, 1.82) is 0 Å². The minimum Gasteiger partial charge on any atom is -0.379 e. The highest BCUT2D eigenvalue weighted by Crippen LogP contribution is 2.25. The van der Waals surface area contributed by atoms with Gasteiger partial charge in [-0.1, -0.05) is 45.4 Å². The third-order valence-corrected chi connectivity index (χ3v) is 3.15. The Morgan fingerprint density at radius 1 is 1.07 bits per heavy atom. The molecule has 2 aliphatic rings. The summed E-state index contributed by atoms with van der Waals surface area (Å²) in [7, 11) is 0. The lowest BCUT2D eigenvalue weighted by atomic mass is 9.88. The normalized spacial score (nSPS) is 23.8. The largest absolute Gasteiger partial charge is 0.379 e.